The summed E-state index contributed by atoms with van der Waals surface area (Å²) in [6, 6.07) is -1.61. The summed E-state index contributed by atoms with van der Waals surface area (Å²) >= 11 is 0. The molecular formula is C12H19F3N2O2. The fourth-order valence-electron chi connectivity index (χ4n) is 2.58. The predicted molar refractivity (Wildman–Crippen MR) is 62.6 cm³/mol. The maximum atomic E-state index is 12.7. The standard InChI is InChI=1S/C12H19F3N2O2/c1-11(6-19-7-11)10(18)16-8-3-4-9(12(13,14)15)17(2)5-8/h8-9H,3-7H2,1-2H3,(H,16,18)/t8-,9-/m0/s1. The number of halogens is 3. The summed E-state index contributed by atoms with van der Waals surface area (Å²) in [5.74, 6) is -0.123. The van der Waals surface area contributed by atoms with Crippen LogP contribution < -0.4 is 5.32 Å². The van der Waals surface area contributed by atoms with E-state index in [-0.39, 0.29) is 24.9 Å². The summed E-state index contributed by atoms with van der Waals surface area (Å²) in [6.07, 6.45) is -3.81. The maximum Gasteiger partial charge on any atom is 0.404 e. The van der Waals surface area contributed by atoms with Gasteiger partial charge in [0.25, 0.3) is 0 Å². The Hall–Kier alpha value is -0.820. The highest BCUT2D eigenvalue weighted by molar-refractivity contribution is 5.83. The summed E-state index contributed by atoms with van der Waals surface area (Å²) in [7, 11) is 1.45. The van der Waals surface area contributed by atoms with Crippen molar-refractivity contribution in [3.8, 4) is 0 Å². The van der Waals surface area contributed by atoms with E-state index in [9.17, 15) is 18.0 Å². The van der Waals surface area contributed by atoms with Gasteiger partial charge in [-0.15, -0.1) is 0 Å². The van der Waals surface area contributed by atoms with Crippen LogP contribution in [0.15, 0.2) is 0 Å². The molecule has 0 aromatic heterocycles. The molecule has 2 heterocycles. The van der Waals surface area contributed by atoms with Gasteiger partial charge in [-0.1, -0.05) is 0 Å². The molecule has 2 aliphatic heterocycles. The van der Waals surface area contributed by atoms with Crippen LogP contribution in [0, 0.1) is 5.41 Å². The number of nitrogens with zero attached hydrogens (tertiary/aromatic N) is 1. The van der Waals surface area contributed by atoms with Crippen LogP contribution in [-0.2, 0) is 9.53 Å². The Morgan fingerprint density at radius 1 is 1.37 bits per heavy atom. The highest BCUT2D eigenvalue weighted by Crippen LogP contribution is 2.32. The number of piperidine rings is 1. The Balaban J connectivity index is 1.87. The number of likely N-dealkylation sites (N-methyl/N-ethyl adjacent to an activating group) is 1. The number of hydrogen-bond acceptors (Lipinski definition) is 3. The molecule has 2 fully saturated rings. The Morgan fingerprint density at radius 2 is 2.00 bits per heavy atom. The molecule has 110 valence electrons. The van der Waals surface area contributed by atoms with Crippen molar-refractivity contribution < 1.29 is 22.7 Å². The summed E-state index contributed by atoms with van der Waals surface area (Å²) in [6.45, 7) is 2.79. The van der Waals surface area contributed by atoms with Gasteiger partial charge in [-0.25, -0.2) is 0 Å². The molecule has 2 atom stereocenters. The minimum absolute atomic E-state index is 0.0260. The molecule has 0 aromatic rings. The second-order valence-corrected chi connectivity index (χ2v) is 5.80. The molecule has 2 saturated heterocycles. The van der Waals surface area contributed by atoms with Crippen molar-refractivity contribution >= 4 is 5.91 Å². The lowest BCUT2D eigenvalue weighted by atomic mass is 9.86. The smallest absolute Gasteiger partial charge is 0.379 e. The second-order valence-electron chi connectivity index (χ2n) is 5.80. The lowest BCUT2D eigenvalue weighted by Gasteiger charge is -2.41. The number of ether oxygens (including phenoxy) is 1. The quantitative estimate of drug-likeness (QED) is 0.825. The first-order valence-corrected chi connectivity index (χ1v) is 6.38. The average molecular weight is 280 g/mol. The van der Waals surface area contributed by atoms with Crippen LogP contribution >= 0.6 is 0 Å². The zero-order valence-electron chi connectivity index (χ0n) is 11.1. The van der Waals surface area contributed by atoms with E-state index in [2.05, 4.69) is 5.32 Å². The molecule has 0 aromatic carbocycles. The van der Waals surface area contributed by atoms with Gasteiger partial charge in [-0.05, 0) is 26.8 Å². The molecule has 0 bridgehead atoms. The molecule has 7 heteroatoms. The molecule has 1 N–H and O–H groups in total. The van der Waals surface area contributed by atoms with Crippen molar-refractivity contribution in [3.05, 3.63) is 0 Å². The summed E-state index contributed by atoms with van der Waals surface area (Å²) in [4.78, 5) is 13.2. The molecule has 0 saturated carbocycles. The van der Waals surface area contributed by atoms with Gasteiger partial charge in [-0.3, -0.25) is 9.69 Å². The number of amides is 1. The van der Waals surface area contributed by atoms with E-state index < -0.39 is 17.6 Å². The van der Waals surface area contributed by atoms with E-state index >= 15 is 0 Å². The van der Waals surface area contributed by atoms with E-state index in [1.165, 1.54) is 11.9 Å². The predicted octanol–water partition coefficient (Wildman–Crippen LogP) is 1.16. The minimum Gasteiger partial charge on any atom is -0.379 e. The molecule has 0 aliphatic carbocycles. The first-order chi connectivity index (χ1) is 8.72. The van der Waals surface area contributed by atoms with Crippen LogP contribution in [0.2, 0.25) is 0 Å². The first kappa shape index (κ1) is 14.6. The lowest BCUT2D eigenvalue weighted by molar-refractivity contribution is -0.189. The van der Waals surface area contributed by atoms with Gasteiger partial charge >= 0.3 is 6.18 Å². The van der Waals surface area contributed by atoms with Crippen LogP contribution in [0.1, 0.15) is 19.8 Å². The fourth-order valence-corrected chi connectivity index (χ4v) is 2.58. The van der Waals surface area contributed by atoms with Crippen LogP contribution in [0.3, 0.4) is 0 Å². The van der Waals surface area contributed by atoms with Crippen LogP contribution in [0.5, 0.6) is 0 Å². The Labute approximate surface area is 110 Å². The van der Waals surface area contributed by atoms with E-state index in [0.29, 0.717) is 19.6 Å². The van der Waals surface area contributed by atoms with Gasteiger partial charge in [0.15, 0.2) is 0 Å². The average Bonchev–Trinajstić information content (AvgIpc) is 2.24. The third-order valence-electron chi connectivity index (χ3n) is 3.93. The molecule has 4 nitrogen and oxygen atoms in total. The van der Waals surface area contributed by atoms with Crippen molar-refractivity contribution in [1.29, 1.82) is 0 Å². The lowest BCUT2D eigenvalue weighted by Crippen LogP contribution is -2.59. The number of hydrogen-bond donors (Lipinski definition) is 1. The normalized spacial score (nSPS) is 31.6. The maximum absolute atomic E-state index is 12.7. The highest BCUT2D eigenvalue weighted by atomic mass is 19.4. The van der Waals surface area contributed by atoms with Crippen molar-refractivity contribution in [2.75, 3.05) is 26.8 Å². The van der Waals surface area contributed by atoms with E-state index in [1.54, 1.807) is 6.92 Å². The minimum atomic E-state index is -4.20. The van der Waals surface area contributed by atoms with Crippen molar-refractivity contribution in [2.45, 2.75) is 38.0 Å². The van der Waals surface area contributed by atoms with Gasteiger partial charge in [0.05, 0.1) is 18.6 Å². The third-order valence-corrected chi connectivity index (χ3v) is 3.93. The number of carbonyl (C=O) groups excluding carboxylic acids is 1. The van der Waals surface area contributed by atoms with Crippen molar-refractivity contribution in [1.82, 2.24) is 10.2 Å². The molecular weight excluding hydrogens is 261 g/mol. The number of likely N-dealkylation sites (tertiary alicyclic amines) is 1. The Morgan fingerprint density at radius 3 is 2.42 bits per heavy atom. The van der Waals surface area contributed by atoms with Gasteiger partial charge in [0.1, 0.15) is 6.04 Å². The highest BCUT2D eigenvalue weighted by Gasteiger charge is 2.46. The number of carbonyl (C=O) groups is 1. The van der Waals surface area contributed by atoms with Crippen LogP contribution in [0.4, 0.5) is 13.2 Å². The SMILES string of the molecule is CN1C[C@@H](NC(=O)C2(C)COC2)CC[C@H]1C(F)(F)F. The van der Waals surface area contributed by atoms with Crippen LogP contribution in [0.25, 0.3) is 0 Å². The number of nitrogens with one attached hydrogen (secondary N) is 1. The van der Waals surface area contributed by atoms with Crippen molar-refractivity contribution in [2.24, 2.45) is 5.41 Å². The summed E-state index contributed by atoms with van der Waals surface area (Å²) < 4.78 is 43.1. The summed E-state index contributed by atoms with van der Waals surface area (Å²) in [5, 5.41) is 2.84. The van der Waals surface area contributed by atoms with Gasteiger partial charge < -0.3 is 10.1 Å². The molecule has 0 radical (unpaired) electrons. The molecule has 0 spiro atoms. The zero-order valence-corrected chi connectivity index (χ0v) is 11.1. The van der Waals surface area contributed by atoms with Crippen molar-refractivity contribution in [3.63, 3.8) is 0 Å². The van der Waals surface area contributed by atoms with Crippen LogP contribution in [-0.4, -0.2) is 55.9 Å². The fraction of sp³-hybridized carbons (Fsp3) is 0.917. The van der Waals surface area contributed by atoms with E-state index in [4.69, 9.17) is 4.74 Å². The van der Waals surface area contributed by atoms with Gasteiger partial charge in [-0.2, -0.15) is 13.2 Å². The van der Waals surface area contributed by atoms with E-state index in [0.717, 1.165) is 0 Å². The largest absolute Gasteiger partial charge is 0.404 e. The second kappa shape index (κ2) is 4.94. The zero-order chi connectivity index (χ0) is 14.3. The Bertz CT molecular complexity index is 355. The third kappa shape index (κ3) is 3.02. The van der Waals surface area contributed by atoms with Gasteiger partial charge in [0, 0.05) is 12.6 Å². The molecule has 1 amide bonds. The number of rotatable bonds is 2. The molecule has 19 heavy (non-hydrogen) atoms. The molecule has 2 aliphatic rings. The monoisotopic (exact) mass is 280 g/mol. The number of alkyl halides is 3. The molecule has 2 rings (SSSR count). The van der Waals surface area contributed by atoms with Gasteiger partial charge in [0.2, 0.25) is 5.91 Å². The summed E-state index contributed by atoms with van der Waals surface area (Å²) in [5.41, 5.74) is -0.514. The Kier molecular flexibility index (Phi) is 3.79. The first-order valence-electron chi connectivity index (χ1n) is 6.38. The topological polar surface area (TPSA) is 41.6 Å². The van der Waals surface area contributed by atoms with E-state index in [1.807, 2.05) is 0 Å². The molecule has 0 unspecified atom stereocenters.